The molecule has 1 saturated heterocycles. The highest BCUT2D eigenvalue weighted by molar-refractivity contribution is 6.34. The van der Waals surface area contributed by atoms with Gasteiger partial charge in [0, 0.05) is 40.9 Å². The van der Waals surface area contributed by atoms with Crippen LogP contribution in [0.5, 0.6) is 0 Å². The topological polar surface area (TPSA) is 111 Å². The van der Waals surface area contributed by atoms with E-state index < -0.39 is 0 Å². The van der Waals surface area contributed by atoms with Gasteiger partial charge in [0.25, 0.3) is 0 Å². The first-order valence-electron chi connectivity index (χ1n) is 9.16. The minimum absolute atomic E-state index is 0.00818. The van der Waals surface area contributed by atoms with Crippen molar-refractivity contribution >= 4 is 35.2 Å². The Hall–Kier alpha value is -2.12. The first-order valence-corrected chi connectivity index (χ1v) is 9.92. The molecule has 0 radical (unpaired) electrons. The molecular weight excluding hydrogens is 403 g/mol. The molecule has 1 aromatic rings. The van der Waals surface area contributed by atoms with E-state index in [2.05, 4.69) is 5.32 Å². The van der Waals surface area contributed by atoms with Crippen molar-refractivity contribution in [1.82, 2.24) is 10.2 Å². The van der Waals surface area contributed by atoms with Gasteiger partial charge in [0.2, 0.25) is 5.91 Å². The molecule has 2 aliphatic rings. The SMILES string of the molecule is N/C=C(\N)CNC(=O)C1CC2CN(C(=O)OCc3cc(Cl)cc(Cl)c3)CC2C1. The fourth-order valence-corrected chi connectivity index (χ4v) is 4.56. The minimum Gasteiger partial charge on any atom is -0.445 e. The van der Waals surface area contributed by atoms with Gasteiger partial charge in [-0.15, -0.1) is 0 Å². The highest BCUT2D eigenvalue weighted by Crippen LogP contribution is 2.41. The largest absolute Gasteiger partial charge is 0.445 e. The normalized spacial score (nSPS) is 24.1. The zero-order valence-electron chi connectivity index (χ0n) is 15.4. The number of nitrogens with one attached hydrogen (secondary N) is 1. The number of carbonyl (C=O) groups is 2. The van der Waals surface area contributed by atoms with Crippen molar-refractivity contribution in [2.24, 2.45) is 29.2 Å². The lowest BCUT2D eigenvalue weighted by atomic mass is 10.0. The fourth-order valence-electron chi connectivity index (χ4n) is 3.99. The lowest BCUT2D eigenvalue weighted by Gasteiger charge is -2.19. The number of carbonyl (C=O) groups excluding carboxylic acids is 2. The summed E-state index contributed by atoms with van der Waals surface area (Å²) in [5, 5.41) is 3.81. The summed E-state index contributed by atoms with van der Waals surface area (Å²) >= 11 is 11.9. The van der Waals surface area contributed by atoms with Gasteiger partial charge >= 0.3 is 6.09 Å². The minimum atomic E-state index is -0.354. The van der Waals surface area contributed by atoms with E-state index in [0.717, 1.165) is 18.4 Å². The number of halogens is 2. The van der Waals surface area contributed by atoms with Gasteiger partial charge in [0.15, 0.2) is 0 Å². The second-order valence-electron chi connectivity index (χ2n) is 7.39. The van der Waals surface area contributed by atoms with Gasteiger partial charge in [-0.25, -0.2) is 4.79 Å². The molecule has 1 aliphatic heterocycles. The molecule has 1 aromatic carbocycles. The van der Waals surface area contributed by atoms with Crippen molar-refractivity contribution < 1.29 is 14.3 Å². The number of hydrogen-bond acceptors (Lipinski definition) is 5. The number of hydrogen-bond donors (Lipinski definition) is 3. The van der Waals surface area contributed by atoms with Gasteiger partial charge < -0.3 is 26.4 Å². The van der Waals surface area contributed by atoms with Crippen LogP contribution in [-0.4, -0.2) is 36.5 Å². The molecule has 28 heavy (non-hydrogen) atoms. The van der Waals surface area contributed by atoms with Crippen molar-refractivity contribution in [3.63, 3.8) is 0 Å². The average Bonchev–Trinajstić information content (AvgIpc) is 3.22. The molecule has 0 spiro atoms. The number of fused-ring (bicyclic) bond motifs is 1. The maximum absolute atomic E-state index is 12.4. The zero-order chi connectivity index (χ0) is 20.3. The molecular formula is C19H24Cl2N4O3. The van der Waals surface area contributed by atoms with Gasteiger partial charge in [-0.2, -0.15) is 0 Å². The smallest absolute Gasteiger partial charge is 0.410 e. The summed E-state index contributed by atoms with van der Waals surface area (Å²) in [7, 11) is 0. The summed E-state index contributed by atoms with van der Waals surface area (Å²) in [4.78, 5) is 26.4. The number of benzene rings is 1. The van der Waals surface area contributed by atoms with Crippen molar-refractivity contribution in [2.45, 2.75) is 19.4 Å². The number of amides is 2. The van der Waals surface area contributed by atoms with Crippen LogP contribution >= 0.6 is 23.2 Å². The maximum atomic E-state index is 12.4. The second-order valence-corrected chi connectivity index (χ2v) is 8.26. The fraction of sp³-hybridized carbons (Fsp3) is 0.474. The number of likely N-dealkylation sites (tertiary alicyclic amines) is 1. The molecule has 2 atom stereocenters. The van der Waals surface area contributed by atoms with Crippen LogP contribution in [0.2, 0.25) is 10.0 Å². The van der Waals surface area contributed by atoms with E-state index >= 15 is 0 Å². The lowest BCUT2D eigenvalue weighted by molar-refractivity contribution is -0.124. The quantitative estimate of drug-likeness (QED) is 0.669. The van der Waals surface area contributed by atoms with Gasteiger partial charge in [-0.05, 0) is 48.4 Å². The molecule has 0 aromatic heterocycles. The molecule has 2 unspecified atom stereocenters. The molecule has 1 saturated carbocycles. The predicted molar refractivity (Wildman–Crippen MR) is 107 cm³/mol. The summed E-state index contributed by atoms with van der Waals surface area (Å²) in [6.07, 6.45) is 2.45. The van der Waals surface area contributed by atoms with Crippen molar-refractivity contribution in [1.29, 1.82) is 0 Å². The van der Waals surface area contributed by atoms with Crippen LogP contribution in [-0.2, 0) is 16.1 Å². The third-order valence-electron chi connectivity index (χ3n) is 5.35. The zero-order valence-corrected chi connectivity index (χ0v) is 16.9. The molecule has 3 rings (SSSR count). The number of nitrogens with zero attached hydrogens (tertiary/aromatic N) is 1. The van der Waals surface area contributed by atoms with E-state index in [1.807, 2.05) is 0 Å². The molecule has 9 heteroatoms. The third kappa shape index (κ3) is 5.02. The van der Waals surface area contributed by atoms with Crippen molar-refractivity contribution in [2.75, 3.05) is 19.6 Å². The van der Waals surface area contributed by atoms with Crippen LogP contribution in [0.1, 0.15) is 18.4 Å². The highest BCUT2D eigenvalue weighted by atomic mass is 35.5. The summed E-state index contributed by atoms with van der Waals surface area (Å²) < 4.78 is 5.40. The summed E-state index contributed by atoms with van der Waals surface area (Å²) in [6, 6.07) is 5.06. The van der Waals surface area contributed by atoms with Crippen LogP contribution < -0.4 is 16.8 Å². The first kappa shape index (κ1) is 20.6. The van der Waals surface area contributed by atoms with Gasteiger partial charge in [-0.1, -0.05) is 23.2 Å². The predicted octanol–water partition coefficient (Wildman–Crippen LogP) is 2.46. The Bertz CT molecular complexity index is 752. The summed E-state index contributed by atoms with van der Waals surface area (Å²) in [5.41, 5.74) is 12.1. The molecule has 0 bridgehead atoms. The van der Waals surface area contributed by atoms with E-state index in [4.69, 9.17) is 39.4 Å². The Labute approximate surface area is 174 Å². The molecule has 1 heterocycles. The summed E-state index contributed by atoms with van der Waals surface area (Å²) in [5.74, 6) is 0.566. The van der Waals surface area contributed by atoms with Gasteiger partial charge in [0.05, 0.1) is 6.54 Å². The van der Waals surface area contributed by atoms with Crippen LogP contribution in [0.4, 0.5) is 4.79 Å². The average molecular weight is 427 g/mol. The summed E-state index contributed by atoms with van der Waals surface area (Å²) in [6.45, 7) is 1.59. The van der Waals surface area contributed by atoms with Crippen LogP contribution in [0, 0.1) is 17.8 Å². The Balaban J connectivity index is 1.45. The number of nitrogens with two attached hydrogens (primary N) is 2. The Kier molecular flexibility index (Phi) is 6.57. The monoisotopic (exact) mass is 426 g/mol. The van der Waals surface area contributed by atoms with E-state index in [1.165, 1.54) is 6.20 Å². The van der Waals surface area contributed by atoms with E-state index in [0.29, 0.717) is 40.7 Å². The van der Waals surface area contributed by atoms with Crippen molar-refractivity contribution in [3.8, 4) is 0 Å². The van der Waals surface area contributed by atoms with E-state index in [1.54, 1.807) is 23.1 Å². The third-order valence-corrected chi connectivity index (χ3v) is 5.78. The second kappa shape index (κ2) is 8.92. The first-order chi connectivity index (χ1) is 13.4. The number of rotatable bonds is 5. The van der Waals surface area contributed by atoms with Crippen LogP contribution in [0.15, 0.2) is 30.1 Å². The van der Waals surface area contributed by atoms with E-state index in [9.17, 15) is 9.59 Å². The van der Waals surface area contributed by atoms with E-state index in [-0.39, 0.29) is 31.1 Å². The molecule has 152 valence electrons. The lowest BCUT2D eigenvalue weighted by Crippen LogP contribution is -2.35. The van der Waals surface area contributed by atoms with Gasteiger partial charge in [-0.3, -0.25) is 4.79 Å². The highest BCUT2D eigenvalue weighted by Gasteiger charge is 2.44. The standard InChI is InChI=1S/C19H24Cl2N4O3/c20-15-1-11(2-16(21)5-15)10-28-19(27)25-8-13-3-12(4-14(13)9-25)18(26)24-7-17(23)6-22/h1-2,5-6,12-14H,3-4,7-10,22-23H2,(H,24,26)/b17-6-. The van der Waals surface area contributed by atoms with Crippen LogP contribution in [0.25, 0.3) is 0 Å². The van der Waals surface area contributed by atoms with Crippen LogP contribution in [0.3, 0.4) is 0 Å². The number of ether oxygens (including phenoxy) is 1. The van der Waals surface area contributed by atoms with Gasteiger partial charge in [0.1, 0.15) is 6.61 Å². The molecule has 2 fully saturated rings. The van der Waals surface area contributed by atoms with Crippen molar-refractivity contribution in [3.05, 3.63) is 45.7 Å². The molecule has 7 nitrogen and oxygen atoms in total. The Morgan fingerprint density at radius 3 is 2.36 bits per heavy atom. The molecule has 1 aliphatic carbocycles. The Morgan fingerprint density at radius 1 is 1.18 bits per heavy atom. The maximum Gasteiger partial charge on any atom is 0.410 e. The molecule has 5 N–H and O–H groups in total. The Morgan fingerprint density at radius 2 is 1.79 bits per heavy atom. The molecule has 2 amide bonds.